The lowest BCUT2D eigenvalue weighted by Crippen LogP contribution is -2.45. The fraction of sp³-hybridized carbons (Fsp3) is 0.600. The Hall–Kier alpha value is -0.620. The van der Waals surface area contributed by atoms with Gasteiger partial charge in [0.1, 0.15) is 0 Å². The van der Waals surface area contributed by atoms with Crippen LogP contribution in [0.2, 0.25) is 0 Å². The Bertz CT molecular complexity index is 569. The summed E-state index contributed by atoms with van der Waals surface area (Å²) in [4.78, 5) is 2.69. The van der Waals surface area contributed by atoms with Crippen molar-refractivity contribution in [3.63, 3.8) is 0 Å². The minimum atomic E-state index is -3.44. The molecule has 118 valence electrons. The Morgan fingerprint density at radius 1 is 1.33 bits per heavy atom. The fourth-order valence-electron chi connectivity index (χ4n) is 2.75. The fourth-order valence-corrected chi connectivity index (χ4v) is 4.40. The highest BCUT2D eigenvalue weighted by Gasteiger charge is 2.30. The van der Waals surface area contributed by atoms with Crippen molar-refractivity contribution in [2.24, 2.45) is 0 Å². The van der Waals surface area contributed by atoms with Crippen molar-refractivity contribution >= 4 is 21.6 Å². The van der Waals surface area contributed by atoms with Gasteiger partial charge < -0.3 is 4.90 Å². The van der Waals surface area contributed by atoms with Crippen molar-refractivity contribution in [3.8, 4) is 0 Å². The zero-order valence-corrected chi connectivity index (χ0v) is 14.2. The van der Waals surface area contributed by atoms with E-state index < -0.39 is 10.0 Å². The first kappa shape index (κ1) is 16.7. The number of hydrogen-bond acceptors (Lipinski definition) is 3. The SMILES string of the molecule is CCN1CCC(N(C)S(=O)(=O)c2cccc(CCl)c2)CC1. The summed E-state index contributed by atoms with van der Waals surface area (Å²) in [6.45, 7) is 5.09. The zero-order valence-electron chi connectivity index (χ0n) is 12.6. The number of rotatable bonds is 5. The second-order valence-corrected chi connectivity index (χ2v) is 7.73. The molecule has 21 heavy (non-hydrogen) atoms. The van der Waals surface area contributed by atoms with Crippen molar-refractivity contribution in [3.05, 3.63) is 29.8 Å². The smallest absolute Gasteiger partial charge is 0.243 e. The molecular weight excluding hydrogens is 308 g/mol. The maximum Gasteiger partial charge on any atom is 0.243 e. The van der Waals surface area contributed by atoms with Crippen molar-refractivity contribution in [1.82, 2.24) is 9.21 Å². The lowest BCUT2D eigenvalue weighted by Gasteiger charge is -2.35. The Morgan fingerprint density at radius 2 is 2.00 bits per heavy atom. The normalized spacial score (nSPS) is 18.3. The number of piperidine rings is 1. The molecule has 1 aliphatic heterocycles. The summed E-state index contributed by atoms with van der Waals surface area (Å²) in [6.07, 6.45) is 1.78. The topological polar surface area (TPSA) is 40.6 Å². The van der Waals surface area contributed by atoms with E-state index in [1.54, 1.807) is 25.2 Å². The van der Waals surface area contributed by atoms with Crippen LogP contribution in [0.1, 0.15) is 25.3 Å². The minimum Gasteiger partial charge on any atom is -0.303 e. The van der Waals surface area contributed by atoms with Crippen LogP contribution in [0.3, 0.4) is 0 Å². The van der Waals surface area contributed by atoms with Gasteiger partial charge in [-0.3, -0.25) is 0 Å². The molecule has 0 unspecified atom stereocenters. The van der Waals surface area contributed by atoms with E-state index in [0.29, 0.717) is 10.8 Å². The number of nitrogens with zero attached hydrogens (tertiary/aromatic N) is 2. The molecule has 0 saturated carbocycles. The summed E-state index contributed by atoms with van der Waals surface area (Å²) in [6, 6.07) is 6.98. The van der Waals surface area contributed by atoms with E-state index in [1.807, 2.05) is 6.07 Å². The first-order valence-electron chi connectivity index (χ1n) is 7.34. The molecule has 1 aliphatic rings. The van der Waals surface area contributed by atoms with E-state index in [0.717, 1.165) is 38.0 Å². The lowest BCUT2D eigenvalue weighted by molar-refractivity contribution is 0.176. The average molecular weight is 331 g/mol. The van der Waals surface area contributed by atoms with Crippen molar-refractivity contribution in [1.29, 1.82) is 0 Å². The van der Waals surface area contributed by atoms with Gasteiger partial charge in [-0.25, -0.2) is 8.42 Å². The highest BCUT2D eigenvalue weighted by atomic mass is 35.5. The summed E-state index contributed by atoms with van der Waals surface area (Å²) in [5, 5.41) is 0. The second kappa shape index (κ2) is 7.09. The van der Waals surface area contributed by atoms with E-state index in [1.165, 1.54) is 4.31 Å². The average Bonchev–Trinajstić information content (AvgIpc) is 2.54. The Kier molecular flexibility index (Phi) is 5.66. The second-order valence-electron chi connectivity index (χ2n) is 5.47. The molecule has 2 rings (SSSR count). The number of sulfonamides is 1. The number of halogens is 1. The van der Waals surface area contributed by atoms with Crippen LogP contribution in [0.4, 0.5) is 0 Å². The molecule has 0 bridgehead atoms. The standard InChI is InChI=1S/C15H23ClN2O2S/c1-3-18-9-7-14(8-10-18)17(2)21(19,20)15-6-4-5-13(11-15)12-16/h4-6,11,14H,3,7-10,12H2,1-2H3. The monoisotopic (exact) mass is 330 g/mol. The largest absolute Gasteiger partial charge is 0.303 e. The molecule has 1 fully saturated rings. The minimum absolute atomic E-state index is 0.0810. The number of hydrogen-bond donors (Lipinski definition) is 0. The summed E-state index contributed by atoms with van der Waals surface area (Å²) in [7, 11) is -1.75. The van der Waals surface area contributed by atoms with E-state index in [4.69, 9.17) is 11.6 Å². The Morgan fingerprint density at radius 3 is 2.57 bits per heavy atom. The van der Waals surface area contributed by atoms with Crippen molar-refractivity contribution < 1.29 is 8.42 Å². The first-order chi connectivity index (χ1) is 9.98. The van der Waals surface area contributed by atoms with Gasteiger partial charge in [0.15, 0.2) is 0 Å². The van der Waals surface area contributed by atoms with E-state index in [2.05, 4.69) is 11.8 Å². The van der Waals surface area contributed by atoms with Gasteiger partial charge in [-0.1, -0.05) is 19.1 Å². The molecule has 0 spiro atoms. The molecule has 0 atom stereocenters. The third kappa shape index (κ3) is 3.77. The summed E-state index contributed by atoms with van der Waals surface area (Å²) < 4.78 is 27.0. The molecule has 4 nitrogen and oxygen atoms in total. The molecule has 1 aromatic rings. The van der Waals surface area contributed by atoms with Gasteiger partial charge in [-0.15, -0.1) is 11.6 Å². The number of likely N-dealkylation sites (tertiary alicyclic amines) is 1. The number of alkyl halides is 1. The van der Waals surface area contributed by atoms with Crippen LogP contribution in [0, 0.1) is 0 Å². The summed E-state index contributed by atoms with van der Waals surface area (Å²) in [5.41, 5.74) is 0.826. The van der Waals surface area contributed by atoms with Gasteiger partial charge in [0.25, 0.3) is 0 Å². The highest BCUT2D eigenvalue weighted by molar-refractivity contribution is 7.89. The third-order valence-corrected chi connectivity index (χ3v) is 6.46. The van der Waals surface area contributed by atoms with Crippen LogP contribution in [-0.2, 0) is 15.9 Å². The van der Waals surface area contributed by atoms with Crippen molar-refractivity contribution in [2.45, 2.75) is 36.6 Å². The van der Waals surface area contributed by atoms with Crippen LogP contribution in [0.25, 0.3) is 0 Å². The zero-order chi connectivity index (χ0) is 15.5. The van der Waals surface area contributed by atoms with E-state index >= 15 is 0 Å². The molecule has 0 N–H and O–H groups in total. The Labute approximate surface area is 132 Å². The third-order valence-electron chi connectivity index (χ3n) is 4.25. The van der Waals surface area contributed by atoms with Gasteiger partial charge in [0.2, 0.25) is 10.0 Å². The van der Waals surface area contributed by atoms with Crippen LogP contribution < -0.4 is 0 Å². The van der Waals surface area contributed by atoms with Gasteiger partial charge in [0, 0.05) is 19.0 Å². The Balaban J connectivity index is 2.15. The maximum absolute atomic E-state index is 12.7. The highest BCUT2D eigenvalue weighted by Crippen LogP contribution is 2.23. The summed E-state index contributed by atoms with van der Waals surface area (Å²) >= 11 is 5.80. The first-order valence-corrected chi connectivity index (χ1v) is 9.31. The molecule has 1 saturated heterocycles. The molecule has 0 amide bonds. The predicted octanol–water partition coefficient (Wildman–Crippen LogP) is 2.53. The van der Waals surface area contributed by atoms with E-state index in [9.17, 15) is 8.42 Å². The molecule has 0 aliphatic carbocycles. The van der Waals surface area contributed by atoms with E-state index in [-0.39, 0.29) is 6.04 Å². The van der Waals surface area contributed by atoms with Crippen LogP contribution >= 0.6 is 11.6 Å². The van der Waals surface area contributed by atoms with Crippen molar-refractivity contribution in [2.75, 3.05) is 26.7 Å². The lowest BCUT2D eigenvalue weighted by atomic mass is 10.1. The van der Waals surface area contributed by atoms with Crippen LogP contribution in [0.15, 0.2) is 29.2 Å². The summed E-state index contributed by atoms with van der Waals surface area (Å²) in [5.74, 6) is 0.321. The van der Waals surface area contributed by atoms with Crippen LogP contribution in [-0.4, -0.2) is 50.3 Å². The number of benzene rings is 1. The molecule has 1 aromatic carbocycles. The van der Waals surface area contributed by atoms with Gasteiger partial charge in [-0.2, -0.15) is 4.31 Å². The molecule has 6 heteroatoms. The van der Waals surface area contributed by atoms with Gasteiger partial charge >= 0.3 is 0 Å². The van der Waals surface area contributed by atoms with Crippen LogP contribution in [0.5, 0.6) is 0 Å². The predicted molar refractivity (Wildman–Crippen MR) is 86.1 cm³/mol. The molecule has 1 heterocycles. The molecular formula is C15H23ClN2O2S. The quantitative estimate of drug-likeness (QED) is 0.779. The van der Waals surface area contributed by atoms with Gasteiger partial charge in [-0.05, 0) is 50.2 Å². The maximum atomic E-state index is 12.7. The molecule has 0 radical (unpaired) electrons. The van der Waals surface area contributed by atoms with Gasteiger partial charge in [0.05, 0.1) is 4.90 Å². The molecule has 0 aromatic heterocycles.